The molecule has 0 aliphatic rings. The number of nitrogens with zero attached hydrogens (tertiary/aromatic N) is 2. The summed E-state index contributed by atoms with van der Waals surface area (Å²) in [4.78, 5) is 42.1. The minimum Gasteiger partial charge on any atom is -0.459 e. The molecule has 34 heavy (non-hydrogen) atoms. The van der Waals surface area contributed by atoms with Crippen LogP contribution in [0.4, 0.5) is 11.5 Å². The smallest absolute Gasteiger partial charge is 0.330 e. The highest BCUT2D eigenvalue weighted by Gasteiger charge is 2.22. The van der Waals surface area contributed by atoms with Crippen molar-refractivity contribution >= 4 is 28.4 Å². The molecule has 9 heteroatoms. The molecule has 2 heterocycles. The Kier molecular flexibility index (Phi) is 8.56. The topological polar surface area (TPSA) is 126 Å². The van der Waals surface area contributed by atoms with Gasteiger partial charge in [0.15, 0.2) is 0 Å². The highest BCUT2D eigenvalue weighted by atomic mass is 16.3. The van der Waals surface area contributed by atoms with E-state index >= 15 is 0 Å². The van der Waals surface area contributed by atoms with Crippen molar-refractivity contribution in [1.29, 1.82) is 0 Å². The molecule has 0 saturated heterocycles. The molecule has 0 saturated carbocycles. The van der Waals surface area contributed by atoms with E-state index in [0.29, 0.717) is 18.8 Å². The minimum atomic E-state index is -0.579. The van der Waals surface area contributed by atoms with Crippen molar-refractivity contribution in [1.82, 2.24) is 14.9 Å². The number of aromatic amines is 1. The zero-order chi connectivity index (χ0) is 24.7. The van der Waals surface area contributed by atoms with Crippen molar-refractivity contribution in [3.05, 3.63) is 56.9 Å². The third-order valence-corrected chi connectivity index (χ3v) is 5.88. The number of hydrogen-bond acceptors (Lipinski definition) is 6. The van der Waals surface area contributed by atoms with Crippen LogP contribution in [0.15, 0.2) is 44.3 Å². The molecule has 0 radical (unpaired) electrons. The zero-order valence-corrected chi connectivity index (χ0v) is 20.2. The first-order chi connectivity index (χ1) is 16.3. The molecule has 1 amide bonds. The van der Waals surface area contributed by atoms with Gasteiger partial charge in [0.25, 0.3) is 5.56 Å². The van der Waals surface area contributed by atoms with E-state index < -0.39 is 11.2 Å². The molecule has 4 N–H and O–H groups in total. The third-order valence-electron chi connectivity index (χ3n) is 5.88. The number of benzene rings is 1. The lowest BCUT2D eigenvalue weighted by atomic mass is 10.2. The Morgan fingerprint density at radius 3 is 2.62 bits per heavy atom. The molecule has 184 valence electrons. The average Bonchev–Trinajstić information content (AvgIpc) is 3.23. The van der Waals surface area contributed by atoms with Gasteiger partial charge < -0.3 is 20.4 Å². The molecule has 1 atom stereocenters. The molecule has 0 aliphatic heterocycles. The van der Waals surface area contributed by atoms with Gasteiger partial charge in [-0.05, 0) is 31.9 Å². The first-order valence-electron chi connectivity index (χ1n) is 12.0. The number of carbonyl (C=O) groups is 1. The van der Waals surface area contributed by atoms with Crippen LogP contribution >= 0.6 is 0 Å². The number of carbonyl (C=O) groups excluding carboxylic acids is 1. The molecular formula is C25H35N5O4. The van der Waals surface area contributed by atoms with Crippen molar-refractivity contribution in [2.75, 3.05) is 23.7 Å². The van der Waals surface area contributed by atoms with Gasteiger partial charge in [-0.25, -0.2) is 4.79 Å². The number of unbranched alkanes of at least 4 members (excludes halogenated alkanes) is 3. The van der Waals surface area contributed by atoms with E-state index in [9.17, 15) is 14.4 Å². The number of rotatable bonds is 12. The third kappa shape index (κ3) is 5.89. The molecule has 0 spiro atoms. The van der Waals surface area contributed by atoms with Crippen LogP contribution in [0.3, 0.4) is 0 Å². The number of furan rings is 1. The second-order valence-electron chi connectivity index (χ2n) is 8.60. The normalized spacial score (nSPS) is 12.1. The second kappa shape index (κ2) is 11.6. The van der Waals surface area contributed by atoms with Gasteiger partial charge in [0.05, 0.1) is 12.6 Å². The fourth-order valence-corrected chi connectivity index (χ4v) is 3.99. The predicted molar refractivity (Wildman–Crippen MR) is 135 cm³/mol. The molecule has 0 bridgehead atoms. The Morgan fingerprint density at radius 1 is 1.18 bits per heavy atom. The first-order valence-corrected chi connectivity index (χ1v) is 12.0. The van der Waals surface area contributed by atoms with Crippen molar-refractivity contribution < 1.29 is 9.21 Å². The van der Waals surface area contributed by atoms with Gasteiger partial charge in [0.2, 0.25) is 5.91 Å². The summed E-state index contributed by atoms with van der Waals surface area (Å²) in [7, 11) is 0. The SMILES string of the molecule is CCCCCN(CC(=O)NC(C)c1cc2ccccc2o1)c1c(N)n(CCCC)c(=O)[nH]c1=O. The van der Waals surface area contributed by atoms with Crippen LogP contribution < -0.4 is 27.2 Å². The van der Waals surface area contributed by atoms with Crippen molar-refractivity contribution in [3.8, 4) is 0 Å². The largest absolute Gasteiger partial charge is 0.459 e. The average molecular weight is 470 g/mol. The number of nitrogen functional groups attached to an aromatic ring is 1. The zero-order valence-electron chi connectivity index (χ0n) is 20.2. The van der Waals surface area contributed by atoms with Crippen LogP contribution in [-0.4, -0.2) is 28.5 Å². The summed E-state index contributed by atoms with van der Waals surface area (Å²) in [6.45, 7) is 6.76. The molecule has 3 rings (SSSR count). The van der Waals surface area contributed by atoms with Crippen LogP contribution in [0.1, 0.15) is 64.7 Å². The number of H-pyrrole nitrogens is 1. The Labute approximate surface area is 198 Å². The van der Waals surface area contributed by atoms with E-state index in [4.69, 9.17) is 10.2 Å². The highest BCUT2D eigenvalue weighted by Crippen LogP contribution is 2.24. The molecule has 1 unspecified atom stereocenters. The van der Waals surface area contributed by atoms with Crippen LogP contribution in [0, 0.1) is 0 Å². The van der Waals surface area contributed by atoms with Crippen LogP contribution in [0.25, 0.3) is 11.0 Å². The number of aromatic nitrogens is 2. The van der Waals surface area contributed by atoms with Gasteiger partial charge in [0, 0.05) is 18.5 Å². The van der Waals surface area contributed by atoms with Gasteiger partial charge >= 0.3 is 5.69 Å². The lowest BCUT2D eigenvalue weighted by Crippen LogP contribution is -2.43. The first kappa shape index (κ1) is 25.1. The maximum Gasteiger partial charge on any atom is 0.330 e. The van der Waals surface area contributed by atoms with Gasteiger partial charge in [-0.1, -0.05) is 51.3 Å². The fourth-order valence-electron chi connectivity index (χ4n) is 3.99. The minimum absolute atomic E-state index is 0.0620. The van der Waals surface area contributed by atoms with Crippen LogP contribution in [-0.2, 0) is 11.3 Å². The number of amides is 1. The Balaban J connectivity index is 1.82. The number of fused-ring (bicyclic) bond motifs is 1. The molecular weight excluding hydrogens is 434 g/mol. The summed E-state index contributed by atoms with van der Waals surface area (Å²) in [6.07, 6.45) is 4.35. The Bertz CT molecular complexity index is 1190. The lowest BCUT2D eigenvalue weighted by molar-refractivity contribution is -0.120. The van der Waals surface area contributed by atoms with E-state index in [-0.39, 0.29) is 30.0 Å². The maximum absolute atomic E-state index is 13.0. The molecule has 3 aromatic rings. The summed E-state index contributed by atoms with van der Waals surface area (Å²) in [5.74, 6) is 0.476. The van der Waals surface area contributed by atoms with Crippen LogP contribution in [0.5, 0.6) is 0 Å². The van der Waals surface area contributed by atoms with Gasteiger partial charge in [0.1, 0.15) is 22.8 Å². The number of anilines is 2. The van der Waals surface area contributed by atoms with E-state index in [1.54, 1.807) is 4.90 Å². The van der Waals surface area contributed by atoms with Gasteiger partial charge in [-0.2, -0.15) is 0 Å². The quantitative estimate of drug-likeness (QED) is 0.348. The van der Waals surface area contributed by atoms with E-state index in [1.165, 1.54) is 4.57 Å². The maximum atomic E-state index is 13.0. The fraction of sp³-hybridized carbons (Fsp3) is 0.480. The summed E-state index contributed by atoms with van der Waals surface area (Å²) in [5.41, 5.74) is 6.11. The summed E-state index contributed by atoms with van der Waals surface area (Å²) in [6, 6.07) is 9.22. The number of nitrogens with one attached hydrogen (secondary N) is 2. The summed E-state index contributed by atoms with van der Waals surface area (Å²) >= 11 is 0. The second-order valence-corrected chi connectivity index (χ2v) is 8.60. The summed E-state index contributed by atoms with van der Waals surface area (Å²) in [5, 5.41) is 3.92. The van der Waals surface area contributed by atoms with E-state index in [0.717, 1.165) is 43.1 Å². The molecule has 9 nitrogen and oxygen atoms in total. The standard InChI is InChI=1S/C25H35N5O4/c1-4-6-10-13-29(22-23(26)30(14-7-5-2)25(33)28-24(22)32)16-21(31)27-17(3)20-15-18-11-8-9-12-19(18)34-20/h8-9,11-12,15,17H,4-7,10,13-14,16,26H2,1-3H3,(H,27,31)(H,28,32,33). The molecule has 1 aromatic carbocycles. The van der Waals surface area contributed by atoms with Gasteiger partial charge in [-0.3, -0.25) is 19.1 Å². The van der Waals surface area contributed by atoms with E-state index in [2.05, 4.69) is 17.2 Å². The van der Waals surface area contributed by atoms with Crippen molar-refractivity contribution in [2.45, 2.75) is 65.5 Å². The molecule has 2 aromatic heterocycles. The van der Waals surface area contributed by atoms with Crippen molar-refractivity contribution in [2.24, 2.45) is 0 Å². The van der Waals surface area contributed by atoms with Gasteiger partial charge in [-0.15, -0.1) is 0 Å². The number of hydrogen-bond donors (Lipinski definition) is 3. The monoisotopic (exact) mass is 469 g/mol. The highest BCUT2D eigenvalue weighted by molar-refractivity contribution is 5.83. The molecule has 0 fully saturated rings. The number of para-hydroxylation sites is 1. The predicted octanol–water partition coefficient (Wildman–Crippen LogP) is 3.54. The van der Waals surface area contributed by atoms with E-state index in [1.807, 2.05) is 44.2 Å². The van der Waals surface area contributed by atoms with Crippen LogP contribution in [0.2, 0.25) is 0 Å². The Hall–Kier alpha value is -3.49. The molecule has 0 aliphatic carbocycles. The Morgan fingerprint density at radius 2 is 1.91 bits per heavy atom. The number of nitrogens with two attached hydrogens (primary N) is 1. The summed E-state index contributed by atoms with van der Waals surface area (Å²) < 4.78 is 7.24. The van der Waals surface area contributed by atoms with Crippen molar-refractivity contribution in [3.63, 3.8) is 0 Å². The lowest BCUT2D eigenvalue weighted by Gasteiger charge is -2.26.